The number of hydrogen-bond acceptors (Lipinski definition) is 7. The molecule has 4 heterocycles. The molecule has 9 nitrogen and oxygen atoms in total. The molecule has 1 aliphatic carbocycles. The van der Waals surface area contributed by atoms with E-state index in [1.54, 1.807) is 11.1 Å². The highest BCUT2D eigenvalue weighted by Gasteiger charge is 2.41. The first kappa shape index (κ1) is 32.3. The van der Waals surface area contributed by atoms with E-state index in [9.17, 15) is 9.59 Å². The summed E-state index contributed by atoms with van der Waals surface area (Å²) in [7, 11) is 0. The number of nitrogens with zero attached hydrogens (tertiary/aromatic N) is 6. The molecule has 0 radical (unpaired) electrons. The number of halogens is 2. The number of fused-ring (bicyclic) bond motifs is 2. The minimum atomic E-state index is -0.658. The standard InChI is InChI=1S/C33H40BrClN6O3S/c1-33(2,3)44-32(43)41-11-10-38(20-29(41)31(42)40-12-13-45-26(18-40)17-39-9-8-36-21-39)19-28-27-7-6-25(35)15-22(27)4-5-23-14-24(34)16-37-30(23)28/h6-9,14-16,21,26,28-29H,4-5,10-13,17-20H2,1-3H3. The topological polar surface area (TPSA) is 83.8 Å². The smallest absolute Gasteiger partial charge is 0.411 e. The molecule has 2 amide bonds. The van der Waals surface area contributed by atoms with Crippen LogP contribution in [0.15, 0.2) is 53.7 Å². The van der Waals surface area contributed by atoms with Gasteiger partial charge in [0, 0.05) is 90.8 Å². The number of thioether (sulfide) groups is 1. The highest BCUT2D eigenvalue weighted by molar-refractivity contribution is 9.10. The summed E-state index contributed by atoms with van der Waals surface area (Å²) in [4.78, 5) is 42.8. The van der Waals surface area contributed by atoms with Crippen molar-refractivity contribution in [2.75, 3.05) is 45.0 Å². The van der Waals surface area contributed by atoms with Crippen LogP contribution in [0.3, 0.4) is 0 Å². The molecule has 6 rings (SSSR count). The summed E-state index contributed by atoms with van der Waals surface area (Å²) >= 11 is 11.9. The van der Waals surface area contributed by atoms with Crippen LogP contribution < -0.4 is 0 Å². The summed E-state index contributed by atoms with van der Waals surface area (Å²) in [6, 6.07) is 7.69. The Bertz CT molecular complexity index is 1480. The van der Waals surface area contributed by atoms with Crippen LogP contribution in [0.25, 0.3) is 0 Å². The number of benzene rings is 1. The van der Waals surface area contributed by atoms with Crippen molar-refractivity contribution >= 4 is 51.3 Å². The van der Waals surface area contributed by atoms with Gasteiger partial charge in [0.15, 0.2) is 0 Å². The van der Waals surface area contributed by atoms with Crippen LogP contribution in [0.5, 0.6) is 0 Å². The number of carbonyl (C=O) groups is 2. The first-order valence-electron chi connectivity index (χ1n) is 15.5. The molecule has 2 saturated heterocycles. The fourth-order valence-corrected chi connectivity index (χ4v) is 8.42. The largest absolute Gasteiger partial charge is 0.444 e. The Kier molecular flexibility index (Phi) is 9.80. The summed E-state index contributed by atoms with van der Waals surface area (Å²) in [5.74, 6) is 0.850. The SMILES string of the molecule is CC(C)(C)OC(=O)N1CCN(CC2c3ccc(Cl)cc3CCc3cc(Br)cnc32)CC1C(=O)N1CCSC(Cn2ccnc2)C1. The number of aromatic nitrogens is 3. The number of rotatable bonds is 5. The van der Waals surface area contributed by atoms with Crippen molar-refractivity contribution in [1.29, 1.82) is 0 Å². The fraction of sp³-hybridized carbons (Fsp3) is 0.515. The Morgan fingerprint density at radius 3 is 2.69 bits per heavy atom. The van der Waals surface area contributed by atoms with Gasteiger partial charge in [0.05, 0.1) is 12.0 Å². The lowest BCUT2D eigenvalue weighted by molar-refractivity contribution is -0.139. The lowest BCUT2D eigenvalue weighted by atomic mass is 9.90. The van der Waals surface area contributed by atoms with Gasteiger partial charge in [0.2, 0.25) is 5.91 Å². The molecule has 45 heavy (non-hydrogen) atoms. The number of carbonyl (C=O) groups excluding carboxylic acids is 2. The average Bonchev–Trinajstić information content (AvgIpc) is 3.46. The molecular weight excluding hydrogens is 676 g/mol. The van der Waals surface area contributed by atoms with E-state index in [4.69, 9.17) is 21.3 Å². The van der Waals surface area contributed by atoms with Gasteiger partial charge >= 0.3 is 6.09 Å². The predicted molar refractivity (Wildman–Crippen MR) is 181 cm³/mol. The maximum absolute atomic E-state index is 14.3. The first-order valence-corrected chi connectivity index (χ1v) is 17.8. The third kappa shape index (κ3) is 7.69. The van der Waals surface area contributed by atoms with Gasteiger partial charge in [0.1, 0.15) is 11.6 Å². The first-order chi connectivity index (χ1) is 21.5. The number of hydrogen-bond donors (Lipinski definition) is 0. The number of aryl methyl sites for hydroxylation is 2. The van der Waals surface area contributed by atoms with Gasteiger partial charge in [-0.05, 0) is 84.4 Å². The molecular formula is C33H40BrClN6O3S. The zero-order valence-corrected chi connectivity index (χ0v) is 29.2. The molecule has 1 aromatic carbocycles. The predicted octanol–water partition coefficient (Wildman–Crippen LogP) is 5.49. The number of pyridine rings is 1. The van der Waals surface area contributed by atoms with Gasteiger partial charge in [-0.2, -0.15) is 11.8 Å². The van der Waals surface area contributed by atoms with E-state index < -0.39 is 17.7 Å². The number of imidazole rings is 1. The summed E-state index contributed by atoms with van der Waals surface area (Å²) in [6.45, 7) is 9.81. The van der Waals surface area contributed by atoms with Crippen LogP contribution >= 0.6 is 39.3 Å². The maximum Gasteiger partial charge on any atom is 0.411 e. The van der Waals surface area contributed by atoms with Gasteiger partial charge in [-0.3, -0.25) is 19.6 Å². The van der Waals surface area contributed by atoms with E-state index in [1.165, 1.54) is 16.7 Å². The van der Waals surface area contributed by atoms with Crippen molar-refractivity contribution in [2.45, 2.75) is 63.0 Å². The third-order valence-corrected chi connectivity index (χ3v) is 10.5. The second-order valence-electron chi connectivity index (χ2n) is 13.1. The average molecular weight is 716 g/mol. The van der Waals surface area contributed by atoms with Crippen LogP contribution in [0, 0.1) is 0 Å². The van der Waals surface area contributed by atoms with E-state index in [-0.39, 0.29) is 17.1 Å². The highest BCUT2D eigenvalue weighted by atomic mass is 79.9. The molecule has 240 valence electrons. The lowest BCUT2D eigenvalue weighted by Crippen LogP contribution is -2.63. The zero-order valence-electron chi connectivity index (χ0n) is 26.0. The molecule has 3 atom stereocenters. The summed E-state index contributed by atoms with van der Waals surface area (Å²) in [6.07, 6.45) is 8.75. The lowest BCUT2D eigenvalue weighted by Gasteiger charge is -2.44. The Morgan fingerprint density at radius 1 is 1.09 bits per heavy atom. The Hall–Kier alpha value is -2.60. The molecule has 0 N–H and O–H groups in total. The molecule has 2 fully saturated rings. The van der Waals surface area contributed by atoms with Crippen LogP contribution in [-0.2, 0) is 28.9 Å². The molecule has 2 aromatic heterocycles. The van der Waals surface area contributed by atoms with E-state index in [0.717, 1.165) is 40.3 Å². The molecule has 3 unspecified atom stereocenters. The van der Waals surface area contributed by atoms with Crippen molar-refractivity contribution in [2.24, 2.45) is 0 Å². The number of ether oxygens (including phenoxy) is 1. The minimum absolute atomic E-state index is 0.0117. The van der Waals surface area contributed by atoms with Crippen LogP contribution in [0.1, 0.15) is 49.1 Å². The number of piperazine rings is 1. The Balaban J connectivity index is 1.26. The normalized spacial score (nSPS) is 22.4. The van der Waals surface area contributed by atoms with Gasteiger partial charge in [-0.1, -0.05) is 17.7 Å². The molecule has 0 spiro atoms. The van der Waals surface area contributed by atoms with E-state index in [2.05, 4.69) is 48.6 Å². The van der Waals surface area contributed by atoms with E-state index >= 15 is 0 Å². The van der Waals surface area contributed by atoms with Crippen LogP contribution in [-0.4, -0.2) is 103 Å². The summed E-state index contributed by atoms with van der Waals surface area (Å²) in [5.41, 5.74) is 4.08. The zero-order chi connectivity index (χ0) is 31.7. The molecule has 0 saturated carbocycles. The fourth-order valence-electron chi connectivity index (χ4n) is 6.62. The van der Waals surface area contributed by atoms with E-state index in [1.807, 2.05) is 62.2 Å². The summed E-state index contributed by atoms with van der Waals surface area (Å²) < 4.78 is 8.83. The molecule has 0 bridgehead atoms. The molecule has 12 heteroatoms. The number of amides is 2. The summed E-state index contributed by atoms with van der Waals surface area (Å²) in [5, 5.41) is 0.984. The van der Waals surface area contributed by atoms with Crippen LogP contribution in [0.4, 0.5) is 4.79 Å². The van der Waals surface area contributed by atoms with Crippen molar-refractivity contribution in [3.05, 3.63) is 81.1 Å². The Labute approximate surface area is 282 Å². The maximum atomic E-state index is 14.3. The van der Waals surface area contributed by atoms with Gasteiger partial charge in [-0.15, -0.1) is 0 Å². The molecule has 3 aromatic rings. The van der Waals surface area contributed by atoms with Crippen LogP contribution in [0.2, 0.25) is 5.02 Å². The van der Waals surface area contributed by atoms with Crippen molar-refractivity contribution < 1.29 is 14.3 Å². The minimum Gasteiger partial charge on any atom is -0.444 e. The van der Waals surface area contributed by atoms with Gasteiger partial charge in [0.25, 0.3) is 0 Å². The molecule has 3 aliphatic rings. The molecule has 2 aliphatic heterocycles. The second kappa shape index (κ2) is 13.6. The van der Waals surface area contributed by atoms with Gasteiger partial charge < -0.3 is 14.2 Å². The van der Waals surface area contributed by atoms with Crippen molar-refractivity contribution in [3.8, 4) is 0 Å². The van der Waals surface area contributed by atoms with Crippen molar-refractivity contribution in [3.63, 3.8) is 0 Å². The third-order valence-electron chi connectivity index (χ3n) is 8.68. The quantitative estimate of drug-likeness (QED) is 0.346. The van der Waals surface area contributed by atoms with Crippen molar-refractivity contribution in [1.82, 2.24) is 29.2 Å². The Morgan fingerprint density at radius 2 is 1.91 bits per heavy atom. The monoisotopic (exact) mass is 714 g/mol. The highest BCUT2D eigenvalue weighted by Crippen LogP contribution is 2.36. The van der Waals surface area contributed by atoms with Gasteiger partial charge in [-0.25, -0.2) is 9.78 Å². The van der Waals surface area contributed by atoms with E-state index in [0.29, 0.717) is 39.3 Å². The second-order valence-corrected chi connectivity index (χ2v) is 15.8.